The zero-order chi connectivity index (χ0) is 23.5. The monoisotopic (exact) mass is 453 g/mol. The highest BCUT2D eigenvalue weighted by atomic mass is 16.5. The Morgan fingerprint density at radius 1 is 1.06 bits per heavy atom. The SMILES string of the molecule is COc1cn(C2CCN(c3ncccc3C#N)CC2)nc(-c2ccnn2-c2ccccc2)c1=O. The van der Waals surface area contributed by atoms with Crippen molar-refractivity contribution in [1.29, 1.82) is 5.26 Å². The summed E-state index contributed by atoms with van der Waals surface area (Å²) >= 11 is 0. The van der Waals surface area contributed by atoms with E-state index in [1.165, 1.54) is 7.11 Å². The molecule has 0 unspecified atom stereocenters. The molecule has 170 valence electrons. The van der Waals surface area contributed by atoms with Gasteiger partial charge in [-0.2, -0.15) is 15.5 Å². The summed E-state index contributed by atoms with van der Waals surface area (Å²) in [6.07, 6.45) is 6.62. The maximum atomic E-state index is 13.1. The smallest absolute Gasteiger partial charge is 0.251 e. The molecule has 1 aliphatic rings. The van der Waals surface area contributed by atoms with Crippen LogP contribution in [0.4, 0.5) is 5.82 Å². The van der Waals surface area contributed by atoms with Crippen LogP contribution in [0.1, 0.15) is 24.4 Å². The first-order valence-electron chi connectivity index (χ1n) is 11.1. The Bertz CT molecular complexity index is 1400. The number of methoxy groups -OCH3 is 1. The lowest BCUT2D eigenvalue weighted by molar-refractivity contribution is 0.345. The Morgan fingerprint density at radius 3 is 2.59 bits per heavy atom. The third-order valence-corrected chi connectivity index (χ3v) is 6.06. The van der Waals surface area contributed by atoms with Crippen molar-refractivity contribution in [3.05, 3.63) is 82.9 Å². The maximum absolute atomic E-state index is 13.1. The highest BCUT2D eigenvalue weighted by Gasteiger charge is 2.25. The van der Waals surface area contributed by atoms with Crippen LogP contribution >= 0.6 is 0 Å². The number of nitrogens with zero attached hydrogens (tertiary/aromatic N) is 7. The van der Waals surface area contributed by atoms with Crippen LogP contribution in [0.15, 0.2) is 71.9 Å². The molecule has 0 saturated carbocycles. The Hall–Kier alpha value is -4.45. The van der Waals surface area contributed by atoms with E-state index in [2.05, 4.69) is 21.1 Å². The lowest BCUT2D eigenvalue weighted by atomic mass is 10.0. The molecule has 0 spiro atoms. The van der Waals surface area contributed by atoms with Crippen LogP contribution in [0.3, 0.4) is 0 Å². The number of rotatable bonds is 5. The Balaban J connectivity index is 1.46. The van der Waals surface area contributed by atoms with Crippen molar-refractivity contribution in [2.45, 2.75) is 18.9 Å². The highest BCUT2D eigenvalue weighted by molar-refractivity contribution is 5.58. The van der Waals surface area contributed by atoms with Crippen LogP contribution in [0, 0.1) is 11.3 Å². The summed E-state index contributed by atoms with van der Waals surface area (Å²) in [6.45, 7) is 1.45. The minimum absolute atomic E-state index is 0.0758. The highest BCUT2D eigenvalue weighted by Crippen LogP contribution is 2.28. The second-order valence-electron chi connectivity index (χ2n) is 8.02. The molecule has 1 aromatic carbocycles. The van der Waals surface area contributed by atoms with Crippen molar-refractivity contribution in [2.75, 3.05) is 25.1 Å². The van der Waals surface area contributed by atoms with Gasteiger partial charge in [-0.15, -0.1) is 0 Å². The van der Waals surface area contributed by atoms with Gasteiger partial charge in [-0.25, -0.2) is 9.67 Å². The second kappa shape index (κ2) is 9.19. The summed E-state index contributed by atoms with van der Waals surface area (Å²) in [7, 11) is 1.49. The number of anilines is 1. The normalized spacial score (nSPS) is 14.1. The average Bonchev–Trinajstić information content (AvgIpc) is 3.39. The summed E-state index contributed by atoms with van der Waals surface area (Å²) < 4.78 is 8.96. The second-order valence-corrected chi connectivity index (χ2v) is 8.02. The molecule has 1 saturated heterocycles. The van der Waals surface area contributed by atoms with Crippen molar-refractivity contribution >= 4 is 5.82 Å². The number of ether oxygens (including phenoxy) is 1. The fourth-order valence-electron chi connectivity index (χ4n) is 4.32. The molecule has 5 rings (SSSR count). The van der Waals surface area contributed by atoms with Gasteiger partial charge in [0.1, 0.15) is 11.9 Å². The third-order valence-electron chi connectivity index (χ3n) is 6.06. The molecule has 0 N–H and O–H groups in total. The maximum Gasteiger partial charge on any atom is 0.251 e. The molecule has 0 radical (unpaired) electrons. The minimum atomic E-state index is -0.277. The van der Waals surface area contributed by atoms with Gasteiger partial charge < -0.3 is 9.64 Å². The van der Waals surface area contributed by atoms with E-state index in [-0.39, 0.29) is 17.2 Å². The molecular weight excluding hydrogens is 430 g/mol. The lowest BCUT2D eigenvalue weighted by Crippen LogP contribution is -2.36. The Labute approximate surface area is 196 Å². The van der Waals surface area contributed by atoms with Crippen LogP contribution in [0.5, 0.6) is 5.75 Å². The molecule has 3 aromatic heterocycles. The zero-order valence-electron chi connectivity index (χ0n) is 18.7. The number of hydrogen-bond donors (Lipinski definition) is 0. The summed E-state index contributed by atoms with van der Waals surface area (Å²) in [5.74, 6) is 0.950. The number of piperidine rings is 1. The van der Waals surface area contributed by atoms with Crippen LogP contribution in [0.2, 0.25) is 0 Å². The van der Waals surface area contributed by atoms with Crippen molar-refractivity contribution in [1.82, 2.24) is 24.5 Å². The largest absolute Gasteiger partial charge is 0.491 e. The first-order chi connectivity index (χ1) is 16.7. The molecule has 0 atom stereocenters. The summed E-state index contributed by atoms with van der Waals surface area (Å²) in [4.78, 5) is 19.7. The number of hydrogen-bond acceptors (Lipinski definition) is 7. The van der Waals surface area contributed by atoms with Crippen LogP contribution in [0.25, 0.3) is 17.1 Å². The molecular formula is C25H23N7O2. The summed E-state index contributed by atoms with van der Waals surface area (Å²) in [5.41, 5.74) is 2.03. The van der Waals surface area contributed by atoms with Gasteiger partial charge in [-0.05, 0) is 43.2 Å². The Kier molecular flexibility index (Phi) is 5.79. The van der Waals surface area contributed by atoms with E-state index in [1.54, 1.807) is 41.5 Å². The van der Waals surface area contributed by atoms with Gasteiger partial charge in [0, 0.05) is 19.3 Å². The van der Waals surface area contributed by atoms with Crippen molar-refractivity contribution in [2.24, 2.45) is 0 Å². The van der Waals surface area contributed by atoms with E-state index in [1.807, 2.05) is 35.0 Å². The van der Waals surface area contributed by atoms with E-state index in [0.29, 0.717) is 22.8 Å². The first kappa shape index (κ1) is 21.4. The lowest BCUT2D eigenvalue weighted by Gasteiger charge is -2.33. The van der Waals surface area contributed by atoms with Crippen LogP contribution in [-0.2, 0) is 0 Å². The van der Waals surface area contributed by atoms with Gasteiger partial charge in [-0.1, -0.05) is 18.2 Å². The van der Waals surface area contributed by atoms with Gasteiger partial charge in [0.15, 0.2) is 11.4 Å². The first-order valence-corrected chi connectivity index (χ1v) is 11.1. The molecule has 34 heavy (non-hydrogen) atoms. The van der Waals surface area contributed by atoms with Crippen LogP contribution < -0.4 is 15.1 Å². The fraction of sp³-hybridized carbons (Fsp3) is 0.240. The number of pyridine rings is 1. The molecule has 0 amide bonds. The molecule has 0 aliphatic carbocycles. The third kappa shape index (κ3) is 3.90. The fourth-order valence-corrected chi connectivity index (χ4v) is 4.32. The predicted octanol–water partition coefficient (Wildman–Crippen LogP) is 3.21. The van der Waals surface area contributed by atoms with Gasteiger partial charge in [0.25, 0.3) is 5.43 Å². The number of nitriles is 1. The molecule has 1 aliphatic heterocycles. The molecule has 0 bridgehead atoms. The standard InChI is InChI=1S/C25H23N7O2/c1-34-22-17-31(19-10-14-30(15-11-19)25-18(16-26)6-5-12-27-25)29-23(24(22)33)21-9-13-28-32(21)20-7-3-2-4-8-20/h2-9,12-13,17,19H,10-11,14-15H2,1H3. The minimum Gasteiger partial charge on any atom is -0.491 e. The van der Waals surface area contributed by atoms with Crippen molar-refractivity contribution in [3.63, 3.8) is 0 Å². The quantitative estimate of drug-likeness (QED) is 0.457. The van der Waals surface area contributed by atoms with Crippen molar-refractivity contribution in [3.8, 4) is 28.9 Å². The molecule has 9 heteroatoms. The van der Waals surface area contributed by atoms with E-state index >= 15 is 0 Å². The summed E-state index contributed by atoms with van der Waals surface area (Å²) in [5, 5.41) is 18.6. The molecule has 9 nitrogen and oxygen atoms in total. The average molecular weight is 454 g/mol. The summed E-state index contributed by atoms with van der Waals surface area (Å²) in [6, 6.07) is 17.3. The van der Waals surface area contributed by atoms with Gasteiger partial charge in [-0.3, -0.25) is 9.48 Å². The van der Waals surface area contributed by atoms with Gasteiger partial charge in [0.05, 0.1) is 42.5 Å². The van der Waals surface area contributed by atoms with E-state index < -0.39 is 0 Å². The van der Waals surface area contributed by atoms with Gasteiger partial charge >= 0.3 is 0 Å². The topological polar surface area (TPSA) is 102 Å². The van der Waals surface area contributed by atoms with E-state index in [9.17, 15) is 10.1 Å². The molecule has 4 aromatic rings. The van der Waals surface area contributed by atoms with Gasteiger partial charge in [0.2, 0.25) is 0 Å². The molecule has 4 heterocycles. The number of benzene rings is 1. The Morgan fingerprint density at radius 2 is 1.85 bits per heavy atom. The predicted molar refractivity (Wildman–Crippen MR) is 127 cm³/mol. The zero-order valence-corrected chi connectivity index (χ0v) is 18.7. The van der Waals surface area contributed by atoms with Crippen LogP contribution in [-0.4, -0.2) is 44.7 Å². The van der Waals surface area contributed by atoms with E-state index in [0.717, 1.165) is 31.6 Å². The number of aromatic nitrogens is 5. The number of para-hydroxylation sites is 1. The molecule has 1 fully saturated rings. The van der Waals surface area contributed by atoms with Crippen molar-refractivity contribution < 1.29 is 4.74 Å². The van der Waals surface area contributed by atoms with E-state index in [4.69, 9.17) is 9.84 Å².